The van der Waals surface area contributed by atoms with Gasteiger partial charge >= 0.3 is 0 Å². The highest BCUT2D eigenvalue weighted by atomic mass is 16.2. The maximum absolute atomic E-state index is 12.2. The number of amides is 3. The van der Waals surface area contributed by atoms with Crippen molar-refractivity contribution in [3.8, 4) is 0 Å². The Hall–Kier alpha value is -2.21. The molecule has 1 unspecified atom stereocenters. The summed E-state index contributed by atoms with van der Waals surface area (Å²) in [4.78, 5) is 35.0. The molecule has 1 aromatic carbocycles. The average molecular weight is 315 g/mol. The van der Waals surface area contributed by atoms with Gasteiger partial charge < -0.3 is 10.6 Å². The molecule has 3 rings (SSSR count). The van der Waals surface area contributed by atoms with E-state index in [0.29, 0.717) is 12.0 Å². The lowest BCUT2D eigenvalue weighted by Gasteiger charge is -2.23. The highest BCUT2D eigenvalue weighted by Gasteiger charge is 2.30. The lowest BCUT2D eigenvalue weighted by atomic mass is 9.97. The first-order valence-electron chi connectivity index (χ1n) is 8.06. The predicted octanol–water partition coefficient (Wildman–Crippen LogP) is 0.374. The molecule has 0 saturated carbocycles. The van der Waals surface area contributed by atoms with Crippen molar-refractivity contribution in [1.29, 1.82) is 0 Å². The van der Waals surface area contributed by atoms with Crippen LogP contribution in [0.15, 0.2) is 24.3 Å². The van der Waals surface area contributed by atoms with E-state index in [-0.39, 0.29) is 36.1 Å². The Kier molecular flexibility index (Phi) is 4.71. The molecule has 6 nitrogen and oxygen atoms in total. The second kappa shape index (κ2) is 6.91. The number of imide groups is 1. The van der Waals surface area contributed by atoms with Gasteiger partial charge in [0.05, 0.1) is 5.92 Å². The largest absolute Gasteiger partial charge is 0.348 e. The molecule has 6 heteroatoms. The van der Waals surface area contributed by atoms with Crippen LogP contribution in [0.5, 0.6) is 0 Å². The van der Waals surface area contributed by atoms with Crippen molar-refractivity contribution in [2.24, 2.45) is 5.92 Å². The van der Waals surface area contributed by atoms with Gasteiger partial charge in [0.25, 0.3) is 5.91 Å². The van der Waals surface area contributed by atoms with Crippen molar-refractivity contribution in [2.75, 3.05) is 13.1 Å². The van der Waals surface area contributed by atoms with E-state index in [9.17, 15) is 14.4 Å². The van der Waals surface area contributed by atoms with E-state index in [1.165, 1.54) is 0 Å². The Morgan fingerprint density at radius 2 is 2.00 bits per heavy atom. The summed E-state index contributed by atoms with van der Waals surface area (Å²) >= 11 is 0. The van der Waals surface area contributed by atoms with Gasteiger partial charge in [0.15, 0.2) is 0 Å². The maximum atomic E-state index is 12.2. The van der Waals surface area contributed by atoms with Gasteiger partial charge in [-0.25, -0.2) is 0 Å². The molecular weight excluding hydrogens is 294 g/mol. The van der Waals surface area contributed by atoms with Gasteiger partial charge in [0, 0.05) is 24.6 Å². The van der Waals surface area contributed by atoms with Gasteiger partial charge in [0.2, 0.25) is 11.8 Å². The Labute approximate surface area is 135 Å². The van der Waals surface area contributed by atoms with E-state index in [1.54, 1.807) is 12.1 Å². The smallest absolute Gasteiger partial charge is 0.251 e. The number of rotatable bonds is 4. The topological polar surface area (TPSA) is 87.3 Å². The molecule has 0 aliphatic carbocycles. The molecule has 2 saturated heterocycles. The number of hydrogen-bond acceptors (Lipinski definition) is 4. The summed E-state index contributed by atoms with van der Waals surface area (Å²) in [5, 5.41) is 8.61. The van der Waals surface area contributed by atoms with Gasteiger partial charge in [-0.2, -0.15) is 0 Å². The quantitative estimate of drug-likeness (QED) is 0.701. The summed E-state index contributed by atoms with van der Waals surface area (Å²) in [5.74, 6) is -0.784. The van der Waals surface area contributed by atoms with Crippen molar-refractivity contribution >= 4 is 17.7 Å². The zero-order valence-electron chi connectivity index (χ0n) is 12.9. The number of hydrogen-bond donors (Lipinski definition) is 3. The molecule has 23 heavy (non-hydrogen) atoms. The summed E-state index contributed by atoms with van der Waals surface area (Å²) < 4.78 is 0. The zero-order chi connectivity index (χ0) is 16.2. The second-order valence-electron chi connectivity index (χ2n) is 6.23. The number of nitrogens with one attached hydrogen (secondary N) is 3. The highest BCUT2D eigenvalue weighted by molar-refractivity contribution is 6.03. The Bertz CT molecular complexity index is 606. The minimum atomic E-state index is -0.296. The number of benzene rings is 1. The van der Waals surface area contributed by atoms with Crippen LogP contribution in [0.2, 0.25) is 0 Å². The number of carbonyl (C=O) groups excluding carboxylic acids is 3. The average Bonchev–Trinajstić information content (AvgIpc) is 2.86. The summed E-state index contributed by atoms with van der Waals surface area (Å²) in [6.07, 6.45) is 2.84. The Morgan fingerprint density at radius 1 is 1.22 bits per heavy atom. The molecule has 3 N–H and O–H groups in total. The molecule has 2 fully saturated rings. The van der Waals surface area contributed by atoms with E-state index < -0.39 is 0 Å². The molecule has 0 spiro atoms. The van der Waals surface area contributed by atoms with Crippen LogP contribution in [-0.2, 0) is 16.0 Å². The summed E-state index contributed by atoms with van der Waals surface area (Å²) in [6.45, 7) is 1.83. The van der Waals surface area contributed by atoms with Crippen LogP contribution < -0.4 is 16.0 Å². The lowest BCUT2D eigenvalue weighted by Crippen LogP contribution is -2.45. The van der Waals surface area contributed by atoms with E-state index in [1.807, 2.05) is 12.1 Å². The molecule has 3 amide bonds. The lowest BCUT2D eigenvalue weighted by molar-refractivity contribution is -0.125. The minimum Gasteiger partial charge on any atom is -0.348 e. The predicted molar refractivity (Wildman–Crippen MR) is 84.8 cm³/mol. The van der Waals surface area contributed by atoms with Crippen LogP contribution in [0, 0.1) is 5.92 Å². The van der Waals surface area contributed by atoms with E-state index in [0.717, 1.165) is 31.5 Å². The molecule has 2 aliphatic heterocycles. The number of carbonyl (C=O) groups is 3. The second-order valence-corrected chi connectivity index (χ2v) is 6.23. The van der Waals surface area contributed by atoms with Crippen LogP contribution in [0.1, 0.15) is 35.2 Å². The minimum absolute atomic E-state index is 0.0703. The third-order valence-corrected chi connectivity index (χ3v) is 4.40. The van der Waals surface area contributed by atoms with E-state index >= 15 is 0 Å². The maximum Gasteiger partial charge on any atom is 0.251 e. The van der Waals surface area contributed by atoms with Crippen molar-refractivity contribution in [1.82, 2.24) is 16.0 Å². The molecule has 1 aromatic rings. The van der Waals surface area contributed by atoms with Gasteiger partial charge in [-0.05, 0) is 43.5 Å². The van der Waals surface area contributed by atoms with Gasteiger partial charge in [-0.3, -0.25) is 19.7 Å². The first kappa shape index (κ1) is 15.7. The zero-order valence-corrected chi connectivity index (χ0v) is 12.9. The van der Waals surface area contributed by atoms with Crippen molar-refractivity contribution in [3.05, 3.63) is 35.4 Å². The first-order valence-corrected chi connectivity index (χ1v) is 8.06. The van der Waals surface area contributed by atoms with Crippen LogP contribution >= 0.6 is 0 Å². The number of piperidine rings is 1. The molecular formula is C17H21N3O3. The first-order chi connectivity index (χ1) is 11.1. The summed E-state index contributed by atoms with van der Waals surface area (Å²) in [5.41, 5.74) is 1.57. The monoisotopic (exact) mass is 315 g/mol. The van der Waals surface area contributed by atoms with Crippen LogP contribution in [-0.4, -0.2) is 36.9 Å². The Morgan fingerprint density at radius 3 is 2.61 bits per heavy atom. The van der Waals surface area contributed by atoms with E-state index in [2.05, 4.69) is 16.0 Å². The standard InChI is InChI=1S/C17H21N3O3/c21-15-9-13(17(23)20-15)8-11-3-5-12(6-4-11)16(22)19-14-2-1-7-18-10-14/h3-6,13-14,18H,1-2,7-10H2,(H,19,22)(H,20,21,23)/t13?,14-/m0/s1. The van der Waals surface area contributed by atoms with Gasteiger partial charge in [-0.1, -0.05) is 12.1 Å². The highest BCUT2D eigenvalue weighted by Crippen LogP contribution is 2.17. The molecule has 122 valence electrons. The molecule has 0 bridgehead atoms. The molecule has 2 atom stereocenters. The fourth-order valence-corrected chi connectivity index (χ4v) is 3.09. The Balaban J connectivity index is 1.57. The van der Waals surface area contributed by atoms with Crippen molar-refractivity contribution < 1.29 is 14.4 Å². The van der Waals surface area contributed by atoms with E-state index in [4.69, 9.17) is 0 Å². The third kappa shape index (κ3) is 3.96. The van der Waals surface area contributed by atoms with Crippen LogP contribution in [0.25, 0.3) is 0 Å². The SMILES string of the molecule is O=C1CC(Cc2ccc(C(=O)N[C@H]3CCCNC3)cc2)C(=O)N1. The molecule has 2 heterocycles. The molecule has 0 aromatic heterocycles. The van der Waals surface area contributed by atoms with Crippen molar-refractivity contribution in [2.45, 2.75) is 31.7 Å². The fraction of sp³-hybridized carbons (Fsp3) is 0.471. The normalized spacial score (nSPS) is 24.3. The van der Waals surface area contributed by atoms with Gasteiger partial charge in [0.1, 0.15) is 0 Å². The molecule has 2 aliphatic rings. The summed E-state index contributed by atoms with van der Waals surface area (Å²) in [7, 11) is 0. The van der Waals surface area contributed by atoms with Gasteiger partial charge in [-0.15, -0.1) is 0 Å². The van der Waals surface area contributed by atoms with Crippen LogP contribution in [0.4, 0.5) is 0 Å². The molecule has 0 radical (unpaired) electrons. The van der Waals surface area contributed by atoms with Crippen LogP contribution in [0.3, 0.4) is 0 Å². The van der Waals surface area contributed by atoms with Crippen molar-refractivity contribution in [3.63, 3.8) is 0 Å². The summed E-state index contributed by atoms with van der Waals surface area (Å²) in [6, 6.07) is 7.43. The fourth-order valence-electron chi connectivity index (χ4n) is 3.09. The third-order valence-electron chi connectivity index (χ3n) is 4.40.